The maximum absolute atomic E-state index is 11.4. The molecule has 1 aliphatic heterocycles. The molecule has 0 spiro atoms. The van der Waals surface area contributed by atoms with E-state index >= 15 is 0 Å². The summed E-state index contributed by atoms with van der Waals surface area (Å²) in [4.78, 5) is 24.2. The predicted octanol–water partition coefficient (Wildman–Crippen LogP) is 2.73. The molecule has 0 aromatic carbocycles. The molecule has 15 heavy (non-hydrogen) atoms. The molecule has 1 aliphatic rings. The Balaban J connectivity index is 2.35. The van der Waals surface area contributed by atoms with Crippen molar-refractivity contribution in [2.24, 2.45) is 5.92 Å². The van der Waals surface area contributed by atoms with Crippen LogP contribution in [0, 0.1) is 5.92 Å². The van der Waals surface area contributed by atoms with E-state index in [4.69, 9.17) is 11.6 Å². The van der Waals surface area contributed by atoms with Crippen LogP contribution in [0.4, 0.5) is 4.79 Å². The van der Waals surface area contributed by atoms with Crippen molar-refractivity contribution in [1.82, 2.24) is 4.90 Å². The Bertz CT molecular complexity index is 232. The van der Waals surface area contributed by atoms with Crippen LogP contribution in [0.5, 0.6) is 0 Å². The van der Waals surface area contributed by atoms with E-state index in [9.17, 15) is 9.59 Å². The van der Waals surface area contributed by atoms with Gasteiger partial charge in [-0.25, -0.2) is 0 Å². The highest BCUT2D eigenvalue weighted by molar-refractivity contribution is 8.13. The van der Waals surface area contributed by atoms with Crippen LogP contribution in [0.25, 0.3) is 0 Å². The average Bonchev–Trinajstić information content (AvgIpc) is 2.17. The number of carbonyl (C=O) groups is 2. The molecule has 1 heterocycles. The van der Waals surface area contributed by atoms with E-state index in [0.29, 0.717) is 30.5 Å². The lowest BCUT2D eigenvalue weighted by atomic mass is 10.1. The molecule has 0 aromatic rings. The van der Waals surface area contributed by atoms with Crippen LogP contribution in [0.15, 0.2) is 0 Å². The maximum Gasteiger partial charge on any atom is 0.288 e. The second-order valence-corrected chi connectivity index (χ2v) is 5.21. The number of imide groups is 1. The number of nitrogens with zero attached hydrogens (tertiary/aromatic N) is 1. The Morgan fingerprint density at radius 3 is 2.80 bits per heavy atom. The third-order valence-electron chi connectivity index (χ3n) is 2.51. The lowest BCUT2D eigenvalue weighted by Crippen LogP contribution is -2.39. The van der Waals surface area contributed by atoms with Crippen molar-refractivity contribution in [3.63, 3.8) is 0 Å². The SMILES string of the molecule is CC(CCCl)CCN1C(=O)CCSC1=O. The summed E-state index contributed by atoms with van der Waals surface area (Å²) in [5.41, 5.74) is 0. The molecule has 0 radical (unpaired) electrons. The van der Waals surface area contributed by atoms with Crippen LogP contribution in [0.3, 0.4) is 0 Å². The van der Waals surface area contributed by atoms with Gasteiger partial charge in [-0.2, -0.15) is 0 Å². The lowest BCUT2D eigenvalue weighted by Gasteiger charge is -2.25. The Hall–Kier alpha value is -0.220. The molecule has 1 fully saturated rings. The topological polar surface area (TPSA) is 37.4 Å². The second-order valence-electron chi connectivity index (χ2n) is 3.78. The summed E-state index contributed by atoms with van der Waals surface area (Å²) in [7, 11) is 0. The van der Waals surface area contributed by atoms with Gasteiger partial charge < -0.3 is 0 Å². The molecule has 1 unspecified atom stereocenters. The first-order chi connectivity index (χ1) is 7.15. The Morgan fingerprint density at radius 2 is 2.20 bits per heavy atom. The van der Waals surface area contributed by atoms with Crippen LogP contribution < -0.4 is 0 Å². The Labute approximate surface area is 99.5 Å². The fourth-order valence-corrected chi connectivity index (χ4v) is 2.61. The molecule has 1 atom stereocenters. The van der Waals surface area contributed by atoms with Crippen molar-refractivity contribution in [3.8, 4) is 0 Å². The van der Waals surface area contributed by atoms with E-state index < -0.39 is 0 Å². The molecule has 1 saturated heterocycles. The summed E-state index contributed by atoms with van der Waals surface area (Å²) in [6, 6.07) is 0. The molecule has 5 heteroatoms. The summed E-state index contributed by atoms with van der Waals surface area (Å²) in [6.07, 6.45) is 2.27. The molecule has 0 bridgehead atoms. The minimum Gasteiger partial charge on any atom is -0.274 e. The number of hydrogen-bond acceptors (Lipinski definition) is 3. The molecule has 1 rings (SSSR count). The van der Waals surface area contributed by atoms with Crippen LogP contribution in [-0.2, 0) is 4.79 Å². The van der Waals surface area contributed by atoms with E-state index in [0.717, 1.165) is 12.8 Å². The Morgan fingerprint density at radius 1 is 1.47 bits per heavy atom. The summed E-state index contributed by atoms with van der Waals surface area (Å²) < 4.78 is 0. The molecular formula is C10H16ClNO2S. The molecule has 0 aliphatic carbocycles. The molecular weight excluding hydrogens is 234 g/mol. The normalized spacial score (nSPS) is 19.5. The smallest absolute Gasteiger partial charge is 0.274 e. The van der Waals surface area contributed by atoms with Crippen molar-refractivity contribution in [3.05, 3.63) is 0 Å². The molecule has 86 valence electrons. The quantitative estimate of drug-likeness (QED) is 0.703. The van der Waals surface area contributed by atoms with Gasteiger partial charge in [-0.1, -0.05) is 18.7 Å². The van der Waals surface area contributed by atoms with Gasteiger partial charge in [0.1, 0.15) is 0 Å². The highest BCUT2D eigenvalue weighted by Gasteiger charge is 2.26. The fraction of sp³-hybridized carbons (Fsp3) is 0.800. The van der Waals surface area contributed by atoms with Crippen molar-refractivity contribution in [1.29, 1.82) is 0 Å². The largest absolute Gasteiger partial charge is 0.288 e. The minimum atomic E-state index is -0.0932. The lowest BCUT2D eigenvalue weighted by molar-refractivity contribution is -0.127. The first-order valence-electron chi connectivity index (χ1n) is 5.18. The summed E-state index contributed by atoms with van der Waals surface area (Å²) in [6.45, 7) is 2.64. The van der Waals surface area contributed by atoms with Gasteiger partial charge in [0.2, 0.25) is 5.91 Å². The Kier molecular flexibility index (Phi) is 5.47. The number of amides is 2. The van der Waals surface area contributed by atoms with Gasteiger partial charge >= 0.3 is 0 Å². The van der Waals surface area contributed by atoms with Gasteiger partial charge in [0, 0.05) is 24.6 Å². The maximum atomic E-state index is 11.4. The first-order valence-corrected chi connectivity index (χ1v) is 6.70. The van der Waals surface area contributed by atoms with Gasteiger partial charge in [0.15, 0.2) is 0 Å². The monoisotopic (exact) mass is 249 g/mol. The minimum absolute atomic E-state index is 0.0307. The number of halogens is 1. The standard InChI is InChI=1S/C10H16ClNO2S/c1-8(2-5-11)3-6-12-9(13)4-7-15-10(12)14/h8H,2-7H2,1H3. The number of carbonyl (C=O) groups excluding carboxylic acids is 2. The molecule has 0 aromatic heterocycles. The van der Waals surface area contributed by atoms with Gasteiger partial charge in [0.05, 0.1) is 0 Å². The van der Waals surface area contributed by atoms with E-state index in [-0.39, 0.29) is 11.1 Å². The van der Waals surface area contributed by atoms with Crippen molar-refractivity contribution >= 4 is 34.5 Å². The zero-order valence-electron chi connectivity index (χ0n) is 8.87. The number of hydrogen-bond donors (Lipinski definition) is 0. The zero-order chi connectivity index (χ0) is 11.3. The fourth-order valence-electron chi connectivity index (χ4n) is 1.44. The van der Waals surface area contributed by atoms with Crippen LogP contribution in [0.1, 0.15) is 26.2 Å². The number of thioether (sulfide) groups is 1. The van der Waals surface area contributed by atoms with Crippen molar-refractivity contribution in [2.75, 3.05) is 18.2 Å². The van der Waals surface area contributed by atoms with Gasteiger partial charge in [-0.15, -0.1) is 11.6 Å². The average molecular weight is 250 g/mol. The van der Waals surface area contributed by atoms with Crippen LogP contribution in [0.2, 0.25) is 0 Å². The van der Waals surface area contributed by atoms with Gasteiger partial charge in [-0.05, 0) is 18.8 Å². The second kappa shape index (κ2) is 6.38. The van der Waals surface area contributed by atoms with Crippen molar-refractivity contribution < 1.29 is 9.59 Å². The molecule has 3 nitrogen and oxygen atoms in total. The molecule has 0 N–H and O–H groups in total. The summed E-state index contributed by atoms with van der Waals surface area (Å²) in [5.74, 6) is 1.70. The van der Waals surface area contributed by atoms with Gasteiger partial charge in [-0.3, -0.25) is 14.5 Å². The van der Waals surface area contributed by atoms with E-state index in [1.807, 2.05) is 0 Å². The van der Waals surface area contributed by atoms with Crippen LogP contribution >= 0.6 is 23.4 Å². The molecule has 2 amide bonds. The van der Waals surface area contributed by atoms with Gasteiger partial charge in [0.25, 0.3) is 5.24 Å². The van der Waals surface area contributed by atoms with E-state index in [1.165, 1.54) is 16.7 Å². The highest BCUT2D eigenvalue weighted by Crippen LogP contribution is 2.20. The summed E-state index contributed by atoms with van der Waals surface area (Å²) in [5, 5.41) is -0.0932. The first kappa shape index (κ1) is 12.8. The number of alkyl halides is 1. The molecule has 0 saturated carbocycles. The predicted molar refractivity (Wildman–Crippen MR) is 63.3 cm³/mol. The zero-order valence-corrected chi connectivity index (χ0v) is 10.4. The third kappa shape index (κ3) is 4.03. The third-order valence-corrected chi connectivity index (χ3v) is 3.60. The van der Waals surface area contributed by atoms with E-state index in [1.54, 1.807) is 0 Å². The van der Waals surface area contributed by atoms with Crippen molar-refractivity contribution in [2.45, 2.75) is 26.2 Å². The van der Waals surface area contributed by atoms with Crippen LogP contribution in [-0.4, -0.2) is 34.2 Å². The number of rotatable bonds is 5. The summed E-state index contributed by atoms with van der Waals surface area (Å²) >= 11 is 6.86. The highest BCUT2D eigenvalue weighted by atomic mass is 35.5. The van der Waals surface area contributed by atoms with E-state index in [2.05, 4.69) is 6.92 Å².